The van der Waals surface area contributed by atoms with Gasteiger partial charge < -0.3 is 9.88 Å². The van der Waals surface area contributed by atoms with Gasteiger partial charge in [-0.25, -0.2) is 4.98 Å². The summed E-state index contributed by atoms with van der Waals surface area (Å²) in [5, 5.41) is 3.18. The first-order chi connectivity index (χ1) is 9.33. The highest BCUT2D eigenvalue weighted by Crippen LogP contribution is 2.33. The van der Waals surface area contributed by atoms with E-state index >= 15 is 0 Å². The molecule has 0 atom stereocenters. The SMILES string of the molecule is CCCCCCCCNc1nccn(C2CC2)c1=O. The highest BCUT2D eigenvalue weighted by molar-refractivity contribution is 5.30. The van der Waals surface area contributed by atoms with Gasteiger partial charge in [0.25, 0.3) is 5.56 Å². The normalized spacial score (nSPS) is 14.6. The third kappa shape index (κ3) is 4.37. The second kappa shape index (κ2) is 7.31. The highest BCUT2D eigenvalue weighted by atomic mass is 16.1. The molecule has 4 heteroatoms. The van der Waals surface area contributed by atoms with Crippen LogP contribution in [0.15, 0.2) is 17.2 Å². The first kappa shape index (κ1) is 14.1. The molecular weight excluding hydrogens is 238 g/mol. The molecule has 0 spiro atoms. The van der Waals surface area contributed by atoms with Crippen molar-refractivity contribution in [3.63, 3.8) is 0 Å². The number of aromatic nitrogens is 2. The van der Waals surface area contributed by atoms with Gasteiger partial charge in [-0.3, -0.25) is 4.79 Å². The van der Waals surface area contributed by atoms with Crippen LogP contribution in [0.2, 0.25) is 0 Å². The second-order valence-electron chi connectivity index (χ2n) is 5.41. The van der Waals surface area contributed by atoms with Gasteiger partial charge in [0.15, 0.2) is 5.82 Å². The first-order valence-electron chi connectivity index (χ1n) is 7.64. The minimum atomic E-state index is 0.0379. The number of anilines is 1. The standard InChI is InChI=1S/C15H25N3O/c1-2-3-4-5-6-7-10-16-14-15(19)18(12-11-17-14)13-8-9-13/h11-13H,2-10H2,1H3,(H,16,17). The highest BCUT2D eigenvalue weighted by Gasteiger charge is 2.25. The van der Waals surface area contributed by atoms with E-state index in [2.05, 4.69) is 17.2 Å². The summed E-state index contributed by atoms with van der Waals surface area (Å²) in [5.74, 6) is 0.517. The van der Waals surface area contributed by atoms with E-state index in [1.165, 1.54) is 32.1 Å². The lowest BCUT2D eigenvalue weighted by Crippen LogP contribution is -2.24. The van der Waals surface area contributed by atoms with Crippen molar-refractivity contribution in [2.75, 3.05) is 11.9 Å². The molecule has 1 saturated carbocycles. The quantitative estimate of drug-likeness (QED) is 0.695. The number of nitrogens with one attached hydrogen (secondary N) is 1. The predicted octanol–water partition coefficient (Wildman–Crippen LogP) is 3.35. The Kier molecular flexibility index (Phi) is 5.43. The molecule has 1 aromatic heterocycles. The predicted molar refractivity (Wildman–Crippen MR) is 78.6 cm³/mol. The molecule has 1 aliphatic rings. The molecule has 106 valence electrons. The van der Waals surface area contributed by atoms with Crippen molar-refractivity contribution < 1.29 is 0 Å². The Morgan fingerprint density at radius 3 is 2.74 bits per heavy atom. The van der Waals surface area contributed by atoms with Gasteiger partial charge in [0.1, 0.15) is 0 Å². The summed E-state index contributed by atoms with van der Waals surface area (Å²) < 4.78 is 1.82. The second-order valence-corrected chi connectivity index (χ2v) is 5.41. The van der Waals surface area contributed by atoms with Crippen LogP contribution in [-0.2, 0) is 0 Å². The fraction of sp³-hybridized carbons (Fsp3) is 0.733. The maximum absolute atomic E-state index is 12.1. The number of nitrogens with zero attached hydrogens (tertiary/aromatic N) is 2. The lowest BCUT2D eigenvalue weighted by Gasteiger charge is -2.08. The summed E-state index contributed by atoms with van der Waals surface area (Å²) in [6.45, 7) is 3.08. The zero-order chi connectivity index (χ0) is 13.5. The van der Waals surface area contributed by atoms with Gasteiger partial charge >= 0.3 is 0 Å². The Morgan fingerprint density at radius 2 is 2.00 bits per heavy atom. The van der Waals surface area contributed by atoms with Crippen LogP contribution >= 0.6 is 0 Å². The fourth-order valence-corrected chi connectivity index (χ4v) is 2.30. The molecule has 1 aliphatic carbocycles. The van der Waals surface area contributed by atoms with Crippen molar-refractivity contribution in [3.8, 4) is 0 Å². The van der Waals surface area contributed by atoms with Crippen molar-refractivity contribution in [3.05, 3.63) is 22.7 Å². The maximum atomic E-state index is 12.1. The molecule has 0 radical (unpaired) electrons. The Balaban J connectivity index is 1.71. The van der Waals surface area contributed by atoms with Crippen LogP contribution in [-0.4, -0.2) is 16.1 Å². The lowest BCUT2D eigenvalue weighted by molar-refractivity contribution is 0.616. The molecular formula is C15H25N3O. The van der Waals surface area contributed by atoms with E-state index in [1.807, 2.05) is 4.57 Å². The molecule has 4 nitrogen and oxygen atoms in total. The van der Waals surface area contributed by atoms with E-state index in [0.29, 0.717) is 11.9 Å². The molecule has 0 aliphatic heterocycles. The van der Waals surface area contributed by atoms with Crippen molar-refractivity contribution in [1.82, 2.24) is 9.55 Å². The largest absolute Gasteiger partial charge is 0.365 e. The topological polar surface area (TPSA) is 46.9 Å². The Bertz CT molecular complexity index is 437. The molecule has 0 aromatic carbocycles. The van der Waals surface area contributed by atoms with E-state index in [0.717, 1.165) is 25.8 Å². The smallest absolute Gasteiger partial charge is 0.293 e. The molecule has 0 saturated heterocycles. The van der Waals surface area contributed by atoms with Gasteiger partial charge in [-0.1, -0.05) is 39.0 Å². The van der Waals surface area contributed by atoms with Gasteiger partial charge in [0.2, 0.25) is 0 Å². The van der Waals surface area contributed by atoms with Crippen LogP contribution in [0.4, 0.5) is 5.82 Å². The van der Waals surface area contributed by atoms with Crippen LogP contribution in [0.5, 0.6) is 0 Å². The molecule has 1 fully saturated rings. The van der Waals surface area contributed by atoms with Gasteiger partial charge in [-0.05, 0) is 19.3 Å². The van der Waals surface area contributed by atoms with Crippen LogP contribution in [0.25, 0.3) is 0 Å². The first-order valence-corrected chi connectivity index (χ1v) is 7.64. The molecule has 1 N–H and O–H groups in total. The van der Waals surface area contributed by atoms with Gasteiger partial charge in [0, 0.05) is 25.0 Å². The average molecular weight is 263 g/mol. The fourth-order valence-electron chi connectivity index (χ4n) is 2.30. The zero-order valence-corrected chi connectivity index (χ0v) is 11.9. The summed E-state index contributed by atoms with van der Waals surface area (Å²) in [6, 6.07) is 0.421. The third-order valence-electron chi connectivity index (χ3n) is 3.63. The monoisotopic (exact) mass is 263 g/mol. The van der Waals surface area contributed by atoms with Gasteiger partial charge in [-0.2, -0.15) is 0 Å². The van der Waals surface area contributed by atoms with E-state index in [1.54, 1.807) is 12.4 Å². The Labute approximate surface area is 115 Å². The molecule has 2 rings (SSSR count). The van der Waals surface area contributed by atoms with Crippen molar-refractivity contribution in [2.45, 2.75) is 64.3 Å². The molecule has 0 bridgehead atoms. The van der Waals surface area contributed by atoms with Crippen LogP contribution in [0.3, 0.4) is 0 Å². The van der Waals surface area contributed by atoms with Crippen molar-refractivity contribution >= 4 is 5.82 Å². The van der Waals surface area contributed by atoms with Crippen LogP contribution in [0, 0.1) is 0 Å². The maximum Gasteiger partial charge on any atom is 0.293 e. The van der Waals surface area contributed by atoms with Crippen LogP contribution < -0.4 is 10.9 Å². The summed E-state index contributed by atoms with van der Waals surface area (Å²) in [4.78, 5) is 16.2. The van der Waals surface area contributed by atoms with E-state index < -0.39 is 0 Å². The number of rotatable bonds is 9. The molecule has 1 heterocycles. The summed E-state index contributed by atoms with van der Waals surface area (Å²) in [6.07, 6.45) is 13.4. The minimum absolute atomic E-state index is 0.0379. The van der Waals surface area contributed by atoms with Gasteiger partial charge in [-0.15, -0.1) is 0 Å². The number of unbranched alkanes of at least 4 members (excludes halogenated alkanes) is 5. The Morgan fingerprint density at radius 1 is 1.26 bits per heavy atom. The zero-order valence-electron chi connectivity index (χ0n) is 11.9. The Hall–Kier alpha value is -1.32. The molecule has 19 heavy (non-hydrogen) atoms. The van der Waals surface area contributed by atoms with Gasteiger partial charge in [0.05, 0.1) is 0 Å². The molecule has 1 aromatic rings. The summed E-state index contributed by atoms with van der Waals surface area (Å²) in [5.41, 5.74) is 0.0379. The molecule has 0 amide bonds. The third-order valence-corrected chi connectivity index (χ3v) is 3.63. The number of hydrogen-bond acceptors (Lipinski definition) is 3. The average Bonchev–Trinajstić information content (AvgIpc) is 3.24. The van der Waals surface area contributed by atoms with E-state index in [9.17, 15) is 4.79 Å². The minimum Gasteiger partial charge on any atom is -0.365 e. The van der Waals surface area contributed by atoms with E-state index in [4.69, 9.17) is 0 Å². The summed E-state index contributed by atoms with van der Waals surface area (Å²) >= 11 is 0. The number of hydrogen-bond donors (Lipinski definition) is 1. The van der Waals surface area contributed by atoms with E-state index in [-0.39, 0.29) is 5.56 Å². The lowest BCUT2D eigenvalue weighted by atomic mass is 10.1. The molecule has 0 unspecified atom stereocenters. The van der Waals surface area contributed by atoms with Crippen LogP contribution in [0.1, 0.15) is 64.3 Å². The van der Waals surface area contributed by atoms with Crippen molar-refractivity contribution in [1.29, 1.82) is 0 Å². The van der Waals surface area contributed by atoms with Crippen molar-refractivity contribution in [2.24, 2.45) is 0 Å². The summed E-state index contributed by atoms with van der Waals surface area (Å²) in [7, 11) is 0.